The highest BCUT2D eigenvalue weighted by Gasteiger charge is 2.11. The second-order valence-electron chi connectivity index (χ2n) is 3.86. The van der Waals surface area contributed by atoms with Gasteiger partial charge in [-0.15, -0.1) is 0 Å². The molecule has 0 saturated heterocycles. The van der Waals surface area contributed by atoms with Crippen LogP contribution in [0.25, 0.3) is 11.3 Å². The zero-order chi connectivity index (χ0) is 14.7. The zero-order valence-electron chi connectivity index (χ0n) is 10.8. The predicted octanol–water partition coefficient (Wildman–Crippen LogP) is 1.15. The van der Waals surface area contributed by atoms with Gasteiger partial charge in [0.15, 0.2) is 11.5 Å². The molecule has 2 aromatic rings. The van der Waals surface area contributed by atoms with Crippen molar-refractivity contribution in [2.24, 2.45) is 0 Å². The van der Waals surface area contributed by atoms with Gasteiger partial charge in [0.2, 0.25) is 0 Å². The van der Waals surface area contributed by atoms with E-state index < -0.39 is 11.7 Å². The lowest BCUT2D eigenvalue weighted by molar-refractivity contribution is 0.0690. The van der Waals surface area contributed by atoms with E-state index in [2.05, 4.69) is 9.97 Å². The Kier molecular flexibility index (Phi) is 3.69. The van der Waals surface area contributed by atoms with Gasteiger partial charge < -0.3 is 14.6 Å². The number of carboxylic acids is 1. The number of H-pyrrole nitrogens is 1. The van der Waals surface area contributed by atoms with Crippen LogP contribution in [0.4, 0.5) is 0 Å². The number of hydrogen-bond donors (Lipinski definition) is 2. The Balaban J connectivity index is 2.56. The van der Waals surface area contributed by atoms with Crippen molar-refractivity contribution in [2.75, 3.05) is 14.2 Å². The minimum Gasteiger partial charge on any atom is -0.493 e. The van der Waals surface area contributed by atoms with E-state index in [0.717, 1.165) is 0 Å². The summed E-state index contributed by atoms with van der Waals surface area (Å²) in [6.07, 6.45) is 0. The highest BCUT2D eigenvalue weighted by Crippen LogP contribution is 2.31. The van der Waals surface area contributed by atoms with Gasteiger partial charge in [0.25, 0.3) is 0 Å². The van der Waals surface area contributed by atoms with Gasteiger partial charge in [0.05, 0.1) is 19.9 Å². The quantitative estimate of drug-likeness (QED) is 0.868. The molecule has 0 fully saturated rings. The number of carboxylic acid groups (broad SMARTS) is 1. The van der Waals surface area contributed by atoms with Crippen LogP contribution in [0.2, 0.25) is 0 Å². The molecule has 1 aromatic heterocycles. The van der Waals surface area contributed by atoms with Gasteiger partial charge in [-0.3, -0.25) is 4.98 Å². The second kappa shape index (κ2) is 5.43. The van der Waals surface area contributed by atoms with Crippen molar-refractivity contribution in [2.45, 2.75) is 0 Å². The van der Waals surface area contributed by atoms with E-state index in [1.807, 2.05) is 0 Å². The second-order valence-corrected chi connectivity index (χ2v) is 3.86. The lowest BCUT2D eigenvalue weighted by Gasteiger charge is -2.09. The molecule has 0 aliphatic heterocycles. The van der Waals surface area contributed by atoms with E-state index in [9.17, 15) is 9.59 Å². The van der Waals surface area contributed by atoms with Gasteiger partial charge in [0, 0.05) is 5.56 Å². The minimum atomic E-state index is -1.23. The number of benzene rings is 1. The van der Waals surface area contributed by atoms with Gasteiger partial charge in [-0.25, -0.2) is 9.59 Å². The van der Waals surface area contributed by atoms with E-state index >= 15 is 0 Å². The average Bonchev–Trinajstić information content (AvgIpc) is 2.45. The SMILES string of the molecule is COc1ccc(-c2cc(C(=O)O)[nH]c(=O)n2)cc1OC. The van der Waals surface area contributed by atoms with Crippen molar-refractivity contribution in [1.29, 1.82) is 0 Å². The van der Waals surface area contributed by atoms with Crippen LogP contribution < -0.4 is 15.2 Å². The summed E-state index contributed by atoms with van der Waals surface area (Å²) >= 11 is 0. The van der Waals surface area contributed by atoms with Gasteiger partial charge in [-0.1, -0.05) is 0 Å². The molecule has 0 bridgehead atoms. The molecular weight excluding hydrogens is 264 g/mol. The fraction of sp³-hybridized carbons (Fsp3) is 0.154. The van der Waals surface area contributed by atoms with Crippen molar-refractivity contribution in [1.82, 2.24) is 9.97 Å². The summed E-state index contributed by atoms with van der Waals surface area (Å²) in [5.41, 5.74) is -0.159. The third-order valence-corrected chi connectivity index (χ3v) is 2.65. The first-order chi connectivity index (χ1) is 9.55. The molecule has 7 heteroatoms. The molecule has 1 aromatic carbocycles. The van der Waals surface area contributed by atoms with E-state index in [-0.39, 0.29) is 11.4 Å². The number of rotatable bonds is 4. The third-order valence-electron chi connectivity index (χ3n) is 2.65. The number of ether oxygens (including phenoxy) is 2. The lowest BCUT2D eigenvalue weighted by Crippen LogP contribution is -2.16. The molecule has 2 rings (SSSR count). The number of aromatic carboxylic acids is 1. The van der Waals surface area contributed by atoms with Crippen LogP contribution in [0, 0.1) is 0 Å². The molecule has 0 aliphatic rings. The van der Waals surface area contributed by atoms with E-state index in [4.69, 9.17) is 14.6 Å². The number of aromatic amines is 1. The Hall–Kier alpha value is -2.83. The molecule has 7 nitrogen and oxygen atoms in total. The van der Waals surface area contributed by atoms with Crippen LogP contribution in [-0.4, -0.2) is 35.3 Å². The number of aromatic nitrogens is 2. The Bertz CT molecular complexity index is 708. The van der Waals surface area contributed by atoms with Crippen molar-refractivity contribution in [3.05, 3.63) is 40.4 Å². The molecule has 1 heterocycles. The molecule has 0 unspecified atom stereocenters. The summed E-state index contributed by atoms with van der Waals surface area (Å²) in [4.78, 5) is 28.2. The first kappa shape index (κ1) is 13.6. The summed E-state index contributed by atoms with van der Waals surface area (Å²) in [6.45, 7) is 0. The van der Waals surface area contributed by atoms with Crippen molar-refractivity contribution < 1.29 is 19.4 Å². The molecule has 104 valence electrons. The van der Waals surface area contributed by atoms with Crippen LogP contribution in [0.1, 0.15) is 10.5 Å². The minimum absolute atomic E-state index is 0.227. The first-order valence-electron chi connectivity index (χ1n) is 5.62. The molecular formula is C13H12N2O5. The molecule has 0 amide bonds. The Labute approximate surface area is 113 Å². The summed E-state index contributed by atoms with van der Waals surface area (Å²) in [5.74, 6) is -0.241. The number of carbonyl (C=O) groups is 1. The number of nitrogens with zero attached hydrogens (tertiary/aromatic N) is 1. The highest BCUT2D eigenvalue weighted by molar-refractivity contribution is 5.86. The van der Waals surface area contributed by atoms with Crippen LogP contribution in [-0.2, 0) is 0 Å². The van der Waals surface area contributed by atoms with Crippen molar-refractivity contribution in [3.63, 3.8) is 0 Å². The monoisotopic (exact) mass is 276 g/mol. The van der Waals surface area contributed by atoms with Crippen LogP contribution >= 0.6 is 0 Å². The number of methoxy groups -OCH3 is 2. The van der Waals surface area contributed by atoms with E-state index in [1.165, 1.54) is 20.3 Å². The van der Waals surface area contributed by atoms with E-state index in [1.54, 1.807) is 18.2 Å². The summed E-state index contributed by atoms with van der Waals surface area (Å²) in [6, 6.07) is 6.21. The van der Waals surface area contributed by atoms with Crippen molar-refractivity contribution >= 4 is 5.97 Å². The van der Waals surface area contributed by atoms with Gasteiger partial charge in [-0.05, 0) is 24.3 Å². The topological polar surface area (TPSA) is 102 Å². The Morgan fingerprint density at radius 3 is 2.50 bits per heavy atom. The maximum atomic E-state index is 11.4. The summed E-state index contributed by atoms with van der Waals surface area (Å²) in [5, 5.41) is 8.92. The van der Waals surface area contributed by atoms with Gasteiger partial charge in [0.1, 0.15) is 5.69 Å². The smallest absolute Gasteiger partial charge is 0.352 e. The van der Waals surface area contributed by atoms with Gasteiger partial charge >= 0.3 is 11.7 Å². The normalized spacial score (nSPS) is 10.1. The largest absolute Gasteiger partial charge is 0.493 e. The van der Waals surface area contributed by atoms with Crippen molar-refractivity contribution in [3.8, 4) is 22.8 Å². The van der Waals surface area contributed by atoms with E-state index in [0.29, 0.717) is 17.1 Å². The zero-order valence-corrected chi connectivity index (χ0v) is 10.8. The molecule has 0 atom stereocenters. The van der Waals surface area contributed by atoms with Crippen LogP contribution in [0.15, 0.2) is 29.1 Å². The van der Waals surface area contributed by atoms with Crippen LogP contribution in [0.3, 0.4) is 0 Å². The fourth-order valence-corrected chi connectivity index (χ4v) is 1.72. The molecule has 0 saturated carbocycles. The molecule has 20 heavy (non-hydrogen) atoms. The summed E-state index contributed by atoms with van der Waals surface area (Å²) < 4.78 is 10.3. The Morgan fingerprint density at radius 2 is 1.90 bits per heavy atom. The molecule has 0 radical (unpaired) electrons. The molecule has 2 N–H and O–H groups in total. The number of nitrogens with one attached hydrogen (secondary N) is 1. The maximum absolute atomic E-state index is 11.4. The van der Waals surface area contributed by atoms with Crippen LogP contribution in [0.5, 0.6) is 11.5 Å². The number of hydrogen-bond acceptors (Lipinski definition) is 5. The summed E-state index contributed by atoms with van der Waals surface area (Å²) in [7, 11) is 2.99. The average molecular weight is 276 g/mol. The lowest BCUT2D eigenvalue weighted by atomic mass is 10.1. The maximum Gasteiger partial charge on any atom is 0.352 e. The third kappa shape index (κ3) is 2.61. The van der Waals surface area contributed by atoms with Gasteiger partial charge in [-0.2, -0.15) is 4.98 Å². The molecule has 0 aliphatic carbocycles. The molecule has 0 spiro atoms. The standard InChI is InChI=1S/C13H12N2O5/c1-19-10-4-3-7(5-11(10)20-2)8-6-9(12(16)17)15-13(18)14-8/h3-6H,1-2H3,(H,16,17)(H,14,15,18). The highest BCUT2D eigenvalue weighted by atomic mass is 16.5. The predicted molar refractivity (Wildman–Crippen MR) is 70.4 cm³/mol. The fourth-order valence-electron chi connectivity index (χ4n) is 1.72. The Morgan fingerprint density at radius 1 is 1.20 bits per heavy atom. The first-order valence-corrected chi connectivity index (χ1v) is 5.62.